The van der Waals surface area contributed by atoms with Crippen molar-refractivity contribution in [2.45, 2.75) is 51.1 Å². The third kappa shape index (κ3) is 6.11. The first-order valence-electron chi connectivity index (χ1n) is 11.0. The molecule has 0 fully saturated rings. The number of nitrogens with zero attached hydrogens (tertiary/aromatic N) is 1. The first kappa shape index (κ1) is 24.7. The van der Waals surface area contributed by atoms with E-state index in [1.54, 1.807) is 12.1 Å². The number of sulfonamides is 1. The van der Waals surface area contributed by atoms with Crippen molar-refractivity contribution in [1.82, 2.24) is 20.0 Å². The van der Waals surface area contributed by atoms with Crippen LogP contribution in [-0.4, -0.2) is 37.4 Å². The van der Waals surface area contributed by atoms with E-state index in [-0.39, 0.29) is 22.6 Å². The maximum Gasteiger partial charge on any atom is 0.241 e. The molecule has 178 valence electrons. The number of para-hydroxylation sites is 2. The summed E-state index contributed by atoms with van der Waals surface area (Å²) in [5.41, 5.74) is 1.69. The number of imidazole rings is 1. The summed E-state index contributed by atoms with van der Waals surface area (Å²) in [7, 11) is -2.39. The van der Waals surface area contributed by atoms with Gasteiger partial charge < -0.3 is 15.0 Å². The third-order valence-corrected chi connectivity index (χ3v) is 6.85. The lowest BCUT2D eigenvalue weighted by Gasteiger charge is -2.25. The van der Waals surface area contributed by atoms with Crippen LogP contribution in [0.5, 0.6) is 5.75 Å². The molecule has 33 heavy (non-hydrogen) atoms. The van der Waals surface area contributed by atoms with Crippen LogP contribution in [0.25, 0.3) is 11.0 Å². The lowest BCUT2D eigenvalue weighted by Crippen LogP contribution is -2.49. The van der Waals surface area contributed by atoms with Crippen LogP contribution in [-0.2, 0) is 14.8 Å². The van der Waals surface area contributed by atoms with Crippen LogP contribution in [0.4, 0.5) is 0 Å². The van der Waals surface area contributed by atoms with Gasteiger partial charge in [-0.25, -0.2) is 13.4 Å². The Labute approximate surface area is 195 Å². The largest absolute Gasteiger partial charge is 0.497 e. The lowest BCUT2D eigenvalue weighted by molar-refractivity contribution is -0.124. The van der Waals surface area contributed by atoms with Crippen LogP contribution in [0, 0.1) is 11.8 Å². The van der Waals surface area contributed by atoms with Crippen LogP contribution in [0.1, 0.15) is 46.0 Å². The number of ether oxygens (including phenoxy) is 1. The van der Waals surface area contributed by atoms with Gasteiger partial charge in [-0.2, -0.15) is 4.72 Å². The van der Waals surface area contributed by atoms with Crippen molar-refractivity contribution in [2.75, 3.05) is 7.11 Å². The molecule has 3 rings (SSSR count). The summed E-state index contributed by atoms with van der Waals surface area (Å²) >= 11 is 0. The standard InChI is InChI=1S/C24H32N4O4S/c1-15(2)14-21(28-33(30,31)18-12-10-17(32-5)11-13-18)24(29)27-22(16(3)4)23-25-19-8-6-7-9-20(19)26-23/h6-13,15-16,21-22,28H,14H2,1-5H3,(H,25,26)(H,27,29). The molecule has 3 N–H and O–H groups in total. The Bertz CT molecular complexity index is 1150. The number of H-pyrrole nitrogens is 1. The van der Waals surface area contributed by atoms with Crippen LogP contribution in [0.2, 0.25) is 0 Å². The summed E-state index contributed by atoms with van der Waals surface area (Å²) in [6.45, 7) is 7.86. The number of rotatable bonds is 10. The number of amides is 1. The minimum Gasteiger partial charge on any atom is -0.497 e. The molecule has 2 unspecified atom stereocenters. The summed E-state index contributed by atoms with van der Waals surface area (Å²) in [5, 5.41) is 3.01. The molecule has 2 aromatic carbocycles. The van der Waals surface area contributed by atoms with Gasteiger partial charge in [0.15, 0.2) is 0 Å². The zero-order chi connectivity index (χ0) is 24.2. The number of carbonyl (C=O) groups excluding carboxylic acids is 1. The topological polar surface area (TPSA) is 113 Å². The molecule has 0 aliphatic rings. The maximum absolute atomic E-state index is 13.3. The van der Waals surface area contributed by atoms with Crippen LogP contribution < -0.4 is 14.8 Å². The maximum atomic E-state index is 13.3. The van der Waals surface area contributed by atoms with E-state index in [4.69, 9.17) is 4.74 Å². The molecule has 8 nitrogen and oxygen atoms in total. The van der Waals surface area contributed by atoms with Crippen molar-refractivity contribution in [3.05, 3.63) is 54.4 Å². The summed E-state index contributed by atoms with van der Waals surface area (Å²) < 4.78 is 33.7. The van der Waals surface area contributed by atoms with Gasteiger partial charge in [-0.3, -0.25) is 4.79 Å². The van der Waals surface area contributed by atoms with Gasteiger partial charge in [-0.1, -0.05) is 39.8 Å². The Kier molecular flexibility index (Phi) is 7.76. The number of aromatic nitrogens is 2. The van der Waals surface area contributed by atoms with Crippen LogP contribution in [0.15, 0.2) is 53.4 Å². The fraction of sp³-hybridized carbons (Fsp3) is 0.417. The van der Waals surface area contributed by atoms with E-state index in [2.05, 4.69) is 20.0 Å². The molecule has 3 aromatic rings. The number of aromatic amines is 1. The van der Waals surface area contributed by atoms with Gasteiger partial charge >= 0.3 is 0 Å². The molecule has 0 spiro atoms. The number of benzene rings is 2. The second-order valence-corrected chi connectivity index (χ2v) is 10.6. The minimum atomic E-state index is -3.91. The van der Waals surface area contributed by atoms with E-state index >= 15 is 0 Å². The highest BCUT2D eigenvalue weighted by Gasteiger charge is 2.30. The second kappa shape index (κ2) is 10.4. The van der Waals surface area contributed by atoms with Gasteiger partial charge in [0, 0.05) is 0 Å². The molecule has 0 radical (unpaired) electrons. The Morgan fingerprint density at radius 3 is 2.30 bits per heavy atom. The predicted octanol–water partition coefficient (Wildman–Crippen LogP) is 3.78. The van der Waals surface area contributed by atoms with Crippen molar-refractivity contribution in [2.24, 2.45) is 11.8 Å². The second-order valence-electron chi connectivity index (χ2n) is 8.85. The number of nitrogens with one attached hydrogen (secondary N) is 3. The van der Waals surface area contributed by atoms with Gasteiger partial charge in [-0.15, -0.1) is 0 Å². The molecule has 0 aliphatic heterocycles. The summed E-state index contributed by atoms with van der Waals surface area (Å²) in [5.74, 6) is 0.937. The van der Waals surface area contributed by atoms with Crippen LogP contribution >= 0.6 is 0 Å². The van der Waals surface area contributed by atoms with E-state index in [0.717, 1.165) is 11.0 Å². The van der Waals surface area contributed by atoms with Crippen molar-refractivity contribution < 1.29 is 17.9 Å². The number of carbonyl (C=O) groups is 1. The highest BCUT2D eigenvalue weighted by atomic mass is 32.2. The van der Waals surface area contributed by atoms with Crippen molar-refractivity contribution >= 4 is 27.0 Å². The fourth-order valence-corrected chi connectivity index (χ4v) is 4.82. The summed E-state index contributed by atoms with van der Waals surface area (Å²) in [4.78, 5) is 21.3. The van der Waals surface area contributed by atoms with Crippen molar-refractivity contribution in [3.63, 3.8) is 0 Å². The predicted molar refractivity (Wildman–Crippen MR) is 128 cm³/mol. The molecule has 0 saturated carbocycles. The van der Waals surface area contributed by atoms with Crippen molar-refractivity contribution in [1.29, 1.82) is 0 Å². The quantitative estimate of drug-likeness (QED) is 0.416. The third-order valence-electron chi connectivity index (χ3n) is 5.36. The van der Waals surface area contributed by atoms with Gasteiger partial charge in [-0.05, 0) is 54.7 Å². The molecule has 9 heteroatoms. The molecule has 0 saturated heterocycles. The van der Waals surface area contributed by atoms with Gasteiger partial charge in [0.25, 0.3) is 0 Å². The molecule has 0 bridgehead atoms. The fourth-order valence-electron chi connectivity index (χ4n) is 3.61. The van der Waals surface area contributed by atoms with Gasteiger partial charge in [0.05, 0.1) is 29.1 Å². The zero-order valence-corrected chi connectivity index (χ0v) is 20.4. The molecule has 1 amide bonds. The Balaban J connectivity index is 1.83. The molecular formula is C24H32N4O4S. The summed E-state index contributed by atoms with van der Waals surface area (Å²) in [6.07, 6.45) is 0.353. The molecule has 2 atom stereocenters. The molecule has 1 aromatic heterocycles. The van der Waals surface area contributed by atoms with Gasteiger partial charge in [0.1, 0.15) is 17.6 Å². The monoisotopic (exact) mass is 472 g/mol. The Morgan fingerprint density at radius 2 is 1.73 bits per heavy atom. The normalized spacial score (nSPS) is 13.9. The van der Waals surface area contributed by atoms with E-state index in [9.17, 15) is 13.2 Å². The number of fused-ring (bicyclic) bond motifs is 1. The van der Waals surface area contributed by atoms with E-state index in [1.807, 2.05) is 52.0 Å². The SMILES string of the molecule is COc1ccc(S(=O)(=O)NC(CC(C)C)C(=O)NC(c2nc3ccccc3[nH]2)C(C)C)cc1. The Hall–Kier alpha value is -2.91. The van der Waals surface area contributed by atoms with Gasteiger partial charge in [0.2, 0.25) is 15.9 Å². The number of hydrogen-bond acceptors (Lipinski definition) is 5. The lowest BCUT2D eigenvalue weighted by atomic mass is 10.0. The number of hydrogen-bond donors (Lipinski definition) is 3. The Morgan fingerprint density at radius 1 is 1.06 bits per heavy atom. The van der Waals surface area contributed by atoms with Crippen LogP contribution in [0.3, 0.4) is 0 Å². The molecule has 0 aliphatic carbocycles. The highest BCUT2D eigenvalue weighted by molar-refractivity contribution is 7.89. The molecule has 1 heterocycles. The summed E-state index contributed by atoms with van der Waals surface area (Å²) in [6, 6.07) is 12.4. The first-order valence-corrected chi connectivity index (χ1v) is 12.5. The minimum absolute atomic E-state index is 0.0346. The van der Waals surface area contributed by atoms with E-state index < -0.39 is 22.1 Å². The molecular weight excluding hydrogens is 440 g/mol. The number of methoxy groups -OCH3 is 1. The average molecular weight is 473 g/mol. The van der Waals surface area contributed by atoms with E-state index in [1.165, 1.54) is 19.2 Å². The van der Waals surface area contributed by atoms with Crippen molar-refractivity contribution in [3.8, 4) is 5.75 Å². The first-order chi connectivity index (χ1) is 15.6. The zero-order valence-electron chi connectivity index (χ0n) is 19.6. The van der Waals surface area contributed by atoms with E-state index in [0.29, 0.717) is 18.0 Å². The highest BCUT2D eigenvalue weighted by Crippen LogP contribution is 2.23. The average Bonchev–Trinajstić information content (AvgIpc) is 3.20. The smallest absolute Gasteiger partial charge is 0.241 e.